The molecule has 0 saturated heterocycles. The second-order valence-corrected chi connectivity index (χ2v) is 10.1. The summed E-state index contributed by atoms with van der Waals surface area (Å²) in [4.78, 5) is 29.0. The molecular formula is C23H40N4O2. The van der Waals surface area contributed by atoms with Crippen molar-refractivity contribution in [1.82, 2.24) is 10.2 Å². The number of amides is 3. The van der Waals surface area contributed by atoms with Gasteiger partial charge in [0.25, 0.3) is 0 Å². The standard InChI is InChI=1S/C23H40N4O2/c1-10-13-27(21(29)25-23(5,6)7)16-17-14-18(11-12-19(17)26(8)9)24-20(28)15-22(2,3)4/h11-12,14H,10,13,15-16H2,1-9H3,(H,24,28)(H,25,29). The van der Waals surface area contributed by atoms with E-state index in [0.717, 1.165) is 23.4 Å². The number of nitrogens with one attached hydrogen (secondary N) is 2. The summed E-state index contributed by atoms with van der Waals surface area (Å²) in [5.74, 6) is -0.00283. The number of carbonyl (C=O) groups is 2. The SMILES string of the molecule is CCCN(Cc1cc(NC(=O)CC(C)(C)C)ccc1N(C)C)C(=O)NC(C)(C)C. The molecule has 2 N–H and O–H groups in total. The van der Waals surface area contributed by atoms with Crippen molar-refractivity contribution in [3.63, 3.8) is 0 Å². The fourth-order valence-corrected chi connectivity index (χ4v) is 3.04. The molecule has 1 aromatic rings. The van der Waals surface area contributed by atoms with E-state index in [1.54, 1.807) is 0 Å². The fraction of sp³-hybridized carbons (Fsp3) is 0.652. The number of anilines is 2. The Labute approximate surface area is 177 Å². The van der Waals surface area contributed by atoms with E-state index in [1.165, 1.54) is 0 Å². The van der Waals surface area contributed by atoms with E-state index in [9.17, 15) is 9.59 Å². The van der Waals surface area contributed by atoms with E-state index >= 15 is 0 Å². The predicted molar refractivity (Wildman–Crippen MR) is 122 cm³/mol. The maximum atomic E-state index is 12.8. The van der Waals surface area contributed by atoms with Crippen molar-refractivity contribution in [2.24, 2.45) is 5.41 Å². The molecule has 1 aromatic carbocycles. The van der Waals surface area contributed by atoms with Crippen LogP contribution < -0.4 is 15.5 Å². The molecule has 1 rings (SSSR count). The Morgan fingerprint density at radius 3 is 2.14 bits per heavy atom. The van der Waals surface area contributed by atoms with Gasteiger partial charge in [0.1, 0.15) is 0 Å². The molecule has 0 spiro atoms. The second kappa shape index (κ2) is 9.99. The van der Waals surface area contributed by atoms with Crippen LogP contribution in [0.1, 0.15) is 66.9 Å². The lowest BCUT2D eigenvalue weighted by Crippen LogP contribution is -2.48. The zero-order valence-electron chi connectivity index (χ0n) is 19.8. The highest BCUT2D eigenvalue weighted by Gasteiger charge is 2.21. The van der Waals surface area contributed by atoms with E-state index in [2.05, 4.69) is 17.6 Å². The number of nitrogens with zero attached hydrogens (tertiary/aromatic N) is 2. The summed E-state index contributed by atoms with van der Waals surface area (Å²) in [6.07, 6.45) is 1.32. The quantitative estimate of drug-likeness (QED) is 0.683. The molecule has 0 radical (unpaired) electrons. The van der Waals surface area contributed by atoms with Crippen LogP contribution in [0.3, 0.4) is 0 Å². The van der Waals surface area contributed by atoms with Crippen LogP contribution in [0.2, 0.25) is 0 Å². The maximum Gasteiger partial charge on any atom is 0.318 e. The van der Waals surface area contributed by atoms with Crippen molar-refractivity contribution < 1.29 is 9.59 Å². The molecule has 6 nitrogen and oxygen atoms in total. The lowest BCUT2D eigenvalue weighted by atomic mass is 9.92. The van der Waals surface area contributed by atoms with Gasteiger partial charge in [-0.25, -0.2) is 4.79 Å². The molecule has 0 unspecified atom stereocenters. The molecule has 0 saturated carbocycles. The van der Waals surface area contributed by atoms with Crippen LogP contribution in [-0.2, 0) is 11.3 Å². The summed E-state index contributed by atoms with van der Waals surface area (Å²) in [5, 5.41) is 6.05. The minimum absolute atomic E-state index is 0.00283. The normalized spacial score (nSPS) is 11.8. The van der Waals surface area contributed by atoms with Gasteiger partial charge in [0.2, 0.25) is 5.91 Å². The molecule has 0 aromatic heterocycles. The first-order valence-corrected chi connectivity index (χ1v) is 10.4. The number of urea groups is 1. The van der Waals surface area contributed by atoms with Gasteiger partial charge in [-0.1, -0.05) is 27.7 Å². The Morgan fingerprint density at radius 1 is 1.03 bits per heavy atom. The van der Waals surface area contributed by atoms with Gasteiger partial charge in [-0.2, -0.15) is 0 Å². The Balaban J connectivity index is 3.11. The molecule has 0 heterocycles. The molecule has 6 heteroatoms. The number of hydrogen-bond acceptors (Lipinski definition) is 3. The Bertz CT molecular complexity index is 700. The lowest BCUT2D eigenvalue weighted by molar-refractivity contribution is -0.117. The highest BCUT2D eigenvalue weighted by Crippen LogP contribution is 2.26. The zero-order chi connectivity index (χ0) is 22.4. The van der Waals surface area contributed by atoms with Gasteiger partial charge in [0.15, 0.2) is 0 Å². The first kappa shape index (κ1) is 24.8. The van der Waals surface area contributed by atoms with Crippen LogP contribution in [0, 0.1) is 5.41 Å². The van der Waals surface area contributed by atoms with Crippen molar-refractivity contribution in [3.8, 4) is 0 Å². The van der Waals surface area contributed by atoms with Crippen LogP contribution in [0.5, 0.6) is 0 Å². The van der Waals surface area contributed by atoms with E-state index in [4.69, 9.17) is 0 Å². The molecule has 0 aliphatic rings. The third-order valence-corrected chi connectivity index (χ3v) is 4.16. The molecule has 3 amide bonds. The Morgan fingerprint density at radius 2 is 1.66 bits per heavy atom. The lowest BCUT2D eigenvalue weighted by Gasteiger charge is -2.30. The van der Waals surface area contributed by atoms with Crippen molar-refractivity contribution in [2.45, 2.75) is 73.4 Å². The minimum Gasteiger partial charge on any atom is -0.377 e. The summed E-state index contributed by atoms with van der Waals surface area (Å²) >= 11 is 0. The molecule has 164 valence electrons. The summed E-state index contributed by atoms with van der Waals surface area (Å²) in [6, 6.07) is 5.81. The molecule has 0 aliphatic heterocycles. The smallest absolute Gasteiger partial charge is 0.318 e. The van der Waals surface area contributed by atoms with E-state index in [-0.39, 0.29) is 22.9 Å². The second-order valence-electron chi connectivity index (χ2n) is 10.1. The first-order chi connectivity index (χ1) is 13.2. The fourth-order valence-electron chi connectivity index (χ4n) is 3.04. The third-order valence-electron chi connectivity index (χ3n) is 4.16. The summed E-state index contributed by atoms with van der Waals surface area (Å²) < 4.78 is 0. The Hall–Kier alpha value is -2.24. The van der Waals surface area contributed by atoms with Gasteiger partial charge < -0.3 is 20.4 Å². The van der Waals surface area contributed by atoms with Crippen molar-refractivity contribution in [2.75, 3.05) is 30.9 Å². The minimum atomic E-state index is -0.295. The van der Waals surface area contributed by atoms with Gasteiger partial charge in [0.05, 0.1) is 0 Å². The van der Waals surface area contributed by atoms with Crippen LogP contribution >= 0.6 is 0 Å². The van der Waals surface area contributed by atoms with Gasteiger partial charge in [-0.05, 0) is 56.4 Å². The van der Waals surface area contributed by atoms with Crippen molar-refractivity contribution in [1.29, 1.82) is 0 Å². The van der Waals surface area contributed by atoms with Crippen LogP contribution in [0.15, 0.2) is 18.2 Å². The van der Waals surface area contributed by atoms with Gasteiger partial charge in [0, 0.05) is 50.5 Å². The van der Waals surface area contributed by atoms with Gasteiger partial charge in [-0.15, -0.1) is 0 Å². The average Bonchev–Trinajstić information content (AvgIpc) is 2.50. The van der Waals surface area contributed by atoms with Gasteiger partial charge in [-0.3, -0.25) is 4.79 Å². The monoisotopic (exact) mass is 404 g/mol. The molecule has 29 heavy (non-hydrogen) atoms. The molecular weight excluding hydrogens is 364 g/mol. The van der Waals surface area contributed by atoms with Gasteiger partial charge >= 0.3 is 6.03 Å². The van der Waals surface area contributed by atoms with Crippen LogP contribution in [0.4, 0.5) is 16.2 Å². The van der Waals surface area contributed by atoms with E-state index in [0.29, 0.717) is 19.5 Å². The van der Waals surface area contributed by atoms with Crippen LogP contribution in [0.25, 0.3) is 0 Å². The number of carbonyl (C=O) groups excluding carboxylic acids is 2. The summed E-state index contributed by atoms with van der Waals surface area (Å²) in [7, 11) is 3.96. The first-order valence-electron chi connectivity index (χ1n) is 10.4. The topological polar surface area (TPSA) is 64.7 Å². The highest BCUT2D eigenvalue weighted by atomic mass is 16.2. The summed E-state index contributed by atoms with van der Waals surface area (Å²) in [5.41, 5.74) is 2.42. The van der Waals surface area contributed by atoms with Crippen molar-refractivity contribution >= 4 is 23.3 Å². The molecule has 0 bridgehead atoms. The third kappa shape index (κ3) is 9.20. The van der Waals surface area contributed by atoms with E-state index in [1.807, 2.05) is 83.6 Å². The molecule has 0 fully saturated rings. The highest BCUT2D eigenvalue weighted by molar-refractivity contribution is 5.91. The molecule has 0 atom stereocenters. The van der Waals surface area contributed by atoms with Crippen LogP contribution in [-0.4, -0.2) is 43.0 Å². The summed E-state index contributed by atoms with van der Waals surface area (Å²) in [6.45, 7) is 15.3. The van der Waals surface area contributed by atoms with Crippen molar-refractivity contribution in [3.05, 3.63) is 23.8 Å². The van der Waals surface area contributed by atoms with E-state index < -0.39 is 0 Å². The number of hydrogen-bond donors (Lipinski definition) is 2. The number of benzene rings is 1. The largest absolute Gasteiger partial charge is 0.377 e. The molecule has 0 aliphatic carbocycles. The predicted octanol–water partition coefficient (Wildman–Crippen LogP) is 4.85. The maximum absolute atomic E-state index is 12.8. The Kier molecular flexibility index (Phi) is 8.54. The zero-order valence-corrected chi connectivity index (χ0v) is 19.8. The average molecular weight is 405 g/mol. The number of rotatable bonds is 7.